The fourth-order valence-electron chi connectivity index (χ4n) is 1.96. The molecule has 2 heterocycles. The predicted octanol–water partition coefficient (Wildman–Crippen LogP) is -0.285. The summed E-state index contributed by atoms with van der Waals surface area (Å²) >= 11 is 0. The summed E-state index contributed by atoms with van der Waals surface area (Å²) in [5.41, 5.74) is -0.814. The van der Waals surface area contributed by atoms with Gasteiger partial charge in [-0.3, -0.25) is 4.79 Å². The van der Waals surface area contributed by atoms with Gasteiger partial charge in [-0.05, 0) is 14.0 Å². The number of carbonyl (C=O) groups excluding carboxylic acids is 1. The minimum Gasteiger partial charge on any atom is -0.363 e. The minimum absolute atomic E-state index is 0.156. The quantitative estimate of drug-likeness (QED) is 0.798. The van der Waals surface area contributed by atoms with E-state index >= 15 is 0 Å². The van der Waals surface area contributed by atoms with Crippen LogP contribution in [-0.2, 0) is 16.1 Å². The van der Waals surface area contributed by atoms with Gasteiger partial charge in [0.25, 0.3) is 5.91 Å². The number of carbonyl (C=O) groups is 1. The topological polar surface area (TPSA) is 80.5 Å². The van der Waals surface area contributed by atoms with E-state index in [1.807, 2.05) is 7.05 Å². The van der Waals surface area contributed by atoms with E-state index in [9.17, 15) is 4.79 Å². The maximum absolute atomic E-state index is 12.1. The number of nitrogens with zero attached hydrogens (tertiary/aromatic N) is 3. The molecule has 1 amide bonds. The van der Waals surface area contributed by atoms with Gasteiger partial charge in [-0.15, -0.1) is 0 Å². The van der Waals surface area contributed by atoms with Gasteiger partial charge < -0.3 is 19.5 Å². The van der Waals surface area contributed by atoms with Gasteiger partial charge in [-0.1, -0.05) is 5.16 Å². The summed E-state index contributed by atoms with van der Waals surface area (Å²) < 4.78 is 10.4. The molecule has 0 aromatic carbocycles. The van der Waals surface area contributed by atoms with E-state index in [-0.39, 0.29) is 12.5 Å². The summed E-state index contributed by atoms with van der Waals surface area (Å²) in [5, 5.41) is 6.49. The number of likely N-dealkylation sites (N-methyl/N-ethyl adjacent to an activating group) is 1. The Bertz CT molecular complexity index is 434. The maximum Gasteiger partial charge on any atom is 0.253 e. The van der Waals surface area contributed by atoms with Crippen LogP contribution in [0.2, 0.25) is 0 Å². The second-order valence-corrected chi connectivity index (χ2v) is 4.73. The molecule has 7 nitrogen and oxygen atoms in total. The first-order valence-corrected chi connectivity index (χ1v) is 5.89. The first kappa shape index (κ1) is 13.0. The van der Waals surface area contributed by atoms with E-state index in [2.05, 4.69) is 20.4 Å². The number of hydrogen-bond donors (Lipinski definition) is 1. The first-order chi connectivity index (χ1) is 8.49. The zero-order valence-electron chi connectivity index (χ0n) is 10.9. The molecule has 1 aliphatic heterocycles. The highest BCUT2D eigenvalue weighted by molar-refractivity contribution is 5.85. The lowest BCUT2D eigenvalue weighted by Gasteiger charge is -2.37. The van der Waals surface area contributed by atoms with Crippen molar-refractivity contribution >= 4 is 5.91 Å². The maximum atomic E-state index is 12.1. The number of nitrogens with one attached hydrogen (secondary N) is 1. The van der Waals surface area contributed by atoms with Crippen LogP contribution in [0.1, 0.15) is 18.6 Å². The van der Waals surface area contributed by atoms with Crippen LogP contribution in [0.4, 0.5) is 0 Å². The number of aryl methyl sites for hydroxylation is 1. The van der Waals surface area contributed by atoms with Crippen molar-refractivity contribution in [3.05, 3.63) is 11.7 Å². The largest absolute Gasteiger partial charge is 0.363 e. The molecule has 1 fully saturated rings. The molecule has 7 heteroatoms. The zero-order chi connectivity index (χ0) is 13.2. The Hall–Kier alpha value is -1.47. The van der Waals surface area contributed by atoms with Gasteiger partial charge in [-0.2, -0.15) is 4.98 Å². The standard InChI is InChI=1S/C11H18N4O3/c1-8-13-9(14-18-8)6-12-10(16)11(2)7-15(3)4-5-17-11/h4-7H2,1-3H3,(H,12,16). The molecule has 1 aromatic rings. The van der Waals surface area contributed by atoms with Crippen LogP contribution in [0, 0.1) is 6.92 Å². The van der Waals surface area contributed by atoms with Crippen molar-refractivity contribution in [2.75, 3.05) is 26.7 Å². The Morgan fingerprint density at radius 2 is 2.39 bits per heavy atom. The highest BCUT2D eigenvalue weighted by Crippen LogP contribution is 2.16. The van der Waals surface area contributed by atoms with Crippen molar-refractivity contribution in [3.63, 3.8) is 0 Å². The summed E-state index contributed by atoms with van der Waals surface area (Å²) in [6.07, 6.45) is 0. The van der Waals surface area contributed by atoms with E-state index in [0.29, 0.717) is 24.9 Å². The first-order valence-electron chi connectivity index (χ1n) is 5.89. The molecule has 100 valence electrons. The molecule has 1 atom stereocenters. The SMILES string of the molecule is Cc1nc(CNC(=O)C2(C)CN(C)CCO2)no1. The van der Waals surface area contributed by atoms with Gasteiger partial charge in [0.2, 0.25) is 5.89 Å². The van der Waals surface area contributed by atoms with E-state index in [4.69, 9.17) is 9.26 Å². The van der Waals surface area contributed by atoms with E-state index in [1.165, 1.54) is 0 Å². The molecule has 1 aromatic heterocycles. The van der Waals surface area contributed by atoms with Crippen molar-refractivity contribution in [3.8, 4) is 0 Å². The number of ether oxygens (including phenoxy) is 1. The molecule has 0 bridgehead atoms. The molecular formula is C11H18N4O3. The van der Waals surface area contributed by atoms with E-state index < -0.39 is 5.60 Å². The third kappa shape index (κ3) is 2.85. The van der Waals surface area contributed by atoms with Crippen LogP contribution in [0.3, 0.4) is 0 Å². The Kier molecular flexibility index (Phi) is 3.63. The smallest absolute Gasteiger partial charge is 0.253 e. The summed E-state index contributed by atoms with van der Waals surface area (Å²) in [4.78, 5) is 18.2. The van der Waals surface area contributed by atoms with Gasteiger partial charge in [0.05, 0.1) is 13.2 Å². The van der Waals surface area contributed by atoms with Gasteiger partial charge in [-0.25, -0.2) is 0 Å². The Morgan fingerprint density at radius 3 is 3.00 bits per heavy atom. The number of hydrogen-bond acceptors (Lipinski definition) is 6. The number of aromatic nitrogens is 2. The molecule has 0 aliphatic carbocycles. The van der Waals surface area contributed by atoms with Crippen LogP contribution >= 0.6 is 0 Å². The van der Waals surface area contributed by atoms with Crippen molar-refractivity contribution in [2.45, 2.75) is 26.0 Å². The van der Waals surface area contributed by atoms with Crippen LogP contribution in [0.25, 0.3) is 0 Å². The minimum atomic E-state index is -0.814. The summed E-state index contributed by atoms with van der Waals surface area (Å²) in [6, 6.07) is 0. The summed E-state index contributed by atoms with van der Waals surface area (Å²) in [6.45, 7) is 5.72. The lowest BCUT2D eigenvalue weighted by molar-refractivity contribution is -0.155. The third-order valence-electron chi connectivity index (χ3n) is 2.92. The second kappa shape index (κ2) is 5.03. The van der Waals surface area contributed by atoms with Crippen molar-refractivity contribution < 1.29 is 14.1 Å². The average molecular weight is 254 g/mol. The molecular weight excluding hydrogens is 236 g/mol. The molecule has 1 N–H and O–H groups in total. The van der Waals surface area contributed by atoms with Crippen molar-refractivity contribution in [2.24, 2.45) is 0 Å². The Balaban J connectivity index is 1.91. The van der Waals surface area contributed by atoms with Gasteiger partial charge in [0.1, 0.15) is 0 Å². The van der Waals surface area contributed by atoms with Crippen LogP contribution in [0.15, 0.2) is 4.52 Å². The van der Waals surface area contributed by atoms with Crippen LogP contribution in [0.5, 0.6) is 0 Å². The van der Waals surface area contributed by atoms with Gasteiger partial charge in [0.15, 0.2) is 11.4 Å². The van der Waals surface area contributed by atoms with Crippen molar-refractivity contribution in [1.29, 1.82) is 0 Å². The monoisotopic (exact) mass is 254 g/mol. The number of amides is 1. The fourth-order valence-corrected chi connectivity index (χ4v) is 1.96. The fraction of sp³-hybridized carbons (Fsp3) is 0.727. The molecule has 18 heavy (non-hydrogen) atoms. The normalized spacial score (nSPS) is 25.1. The van der Waals surface area contributed by atoms with Gasteiger partial charge in [0, 0.05) is 20.0 Å². The molecule has 0 radical (unpaired) electrons. The molecule has 1 unspecified atom stereocenters. The molecule has 0 saturated carbocycles. The summed E-state index contributed by atoms with van der Waals surface area (Å²) in [7, 11) is 1.97. The lowest BCUT2D eigenvalue weighted by Crippen LogP contribution is -2.57. The zero-order valence-corrected chi connectivity index (χ0v) is 10.9. The highest BCUT2D eigenvalue weighted by atomic mass is 16.5. The molecule has 1 aliphatic rings. The van der Waals surface area contributed by atoms with Crippen molar-refractivity contribution in [1.82, 2.24) is 20.4 Å². The van der Waals surface area contributed by atoms with E-state index in [1.54, 1.807) is 13.8 Å². The summed E-state index contributed by atoms with van der Waals surface area (Å²) in [5.74, 6) is 0.796. The molecule has 0 spiro atoms. The lowest BCUT2D eigenvalue weighted by atomic mass is 10.0. The Morgan fingerprint density at radius 1 is 1.61 bits per heavy atom. The van der Waals surface area contributed by atoms with Crippen LogP contribution in [-0.4, -0.2) is 53.3 Å². The van der Waals surface area contributed by atoms with Crippen LogP contribution < -0.4 is 5.32 Å². The highest BCUT2D eigenvalue weighted by Gasteiger charge is 2.38. The van der Waals surface area contributed by atoms with Gasteiger partial charge >= 0.3 is 0 Å². The molecule has 1 saturated heterocycles. The molecule has 2 rings (SSSR count). The number of rotatable bonds is 3. The number of morpholine rings is 1. The average Bonchev–Trinajstić information content (AvgIpc) is 2.71. The predicted molar refractivity (Wildman–Crippen MR) is 62.7 cm³/mol. The second-order valence-electron chi connectivity index (χ2n) is 4.73. The third-order valence-corrected chi connectivity index (χ3v) is 2.92. The Labute approximate surface area is 105 Å². The van der Waals surface area contributed by atoms with E-state index in [0.717, 1.165) is 6.54 Å².